The first-order valence-corrected chi connectivity index (χ1v) is 11.0. The molecule has 2 aliphatic heterocycles. The summed E-state index contributed by atoms with van der Waals surface area (Å²) in [5, 5.41) is 5.92. The number of nitrogens with one attached hydrogen (secondary N) is 2. The topological polar surface area (TPSA) is 100 Å². The van der Waals surface area contributed by atoms with E-state index in [1.807, 2.05) is 12.1 Å². The van der Waals surface area contributed by atoms with Gasteiger partial charge in [-0.2, -0.15) is 0 Å². The number of likely N-dealkylation sites (tertiary alicyclic amines) is 1. The largest absolute Gasteiger partial charge is 0.344 e. The molecule has 2 amide bonds. The number of carbonyl (C=O) groups excluding carboxylic acids is 2. The highest BCUT2D eigenvalue weighted by Gasteiger charge is 2.38. The first-order chi connectivity index (χ1) is 16.1. The van der Waals surface area contributed by atoms with Crippen molar-refractivity contribution in [2.24, 2.45) is 0 Å². The van der Waals surface area contributed by atoms with Crippen LogP contribution in [0.1, 0.15) is 37.5 Å². The molecular weight excluding hydrogens is 423 g/mol. The van der Waals surface area contributed by atoms with Crippen LogP contribution in [0.25, 0.3) is 11.3 Å². The summed E-state index contributed by atoms with van der Waals surface area (Å²) in [5.74, 6) is 0.474. The van der Waals surface area contributed by atoms with E-state index in [1.165, 1.54) is 12.1 Å². The molecule has 0 radical (unpaired) electrons. The van der Waals surface area contributed by atoms with Crippen LogP contribution in [0, 0.1) is 5.82 Å². The molecule has 4 heterocycles. The van der Waals surface area contributed by atoms with E-state index in [9.17, 15) is 14.0 Å². The number of hydrogen-bond donors (Lipinski definition) is 2. The zero-order valence-electron chi connectivity index (χ0n) is 17.9. The van der Waals surface area contributed by atoms with Gasteiger partial charge in [0.1, 0.15) is 17.7 Å². The van der Waals surface area contributed by atoms with Crippen LogP contribution in [-0.4, -0.2) is 44.3 Å². The zero-order chi connectivity index (χ0) is 22.8. The molecule has 2 N–H and O–H groups in total. The molecule has 33 heavy (non-hydrogen) atoms. The van der Waals surface area contributed by atoms with Gasteiger partial charge in [0.25, 0.3) is 0 Å². The molecule has 0 bridgehead atoms. The second kappa shape index (κ2) is 8.93. The summed E-state index contributed by atoms with van der Waals surface area (Å²) in [6.07, 6.45) is 5.80. The van der Waals surface area contributed by atoms with Crippen molar-refractivity contribution in [3.8, 4) is 11.3 Å². The van der Waals surface area contributed by atoms with Crippen LogP contribution in [0.3, 0.4) is 0 Å². The highest BCUT2D eigenvalue weighted by Crippen LogP contribution is 2.33. The SMILES string of the molecule is O=C1CC[C@H](C(=O)N2CCC[C@H]2c2nc(Nc3cccc(F)c3)cc(-c3ccncc3)n2)N1. The standard InChI is InChI=1S/C24H23FN6O2/c25-16-3-1-4-17(13-16)27-21-14-19(15-8-10-26-11-9-15)29-23(30-21)20-5-2-12-31(20)24(33)18-6-7-22(32)28-18/h1,3-4,8-11,13-14,18,20H,2,5-7,12H2,(H,28,32)(H,27,29,30)/t18-,20+/m1/s1. The molecule has 9 heteroatoms. The third-order valence-electron chi connectivity index (χ3n) is 5.94. The Morgan fingerprint density at radius 3 is 2.73 bits per heavy atom. The van der Waals surface area contributed by atoms with Gasteiger partial charge in [0, 0.05) is 42.7 Å². The maximum atomic E-state index is 13.7. The second-order valence-electron chi connectivity index (χ2n) is 8.22. The molecule has 0 unspecified atom stereocenters. The minimum absolute atomic E-state index is 0.0957. The van der Waals surface area contributed by atoms with Crippen molar-refractivity contribution in [3.63, 3.8) is 0 Å². The lowest BCUT2D eigenvalue weighted by Gasteiger charge is -2.27. The van der Waals surface area contributed by atoms with Crippen LogP contribution in [0.4, 0.5) is 15.9 Å². The van der Waals surface area contributed by atoms with Gasteiger partial charge in [0.15, 0.2) is 5.82 Å². The molecule has 1 aromatic carbocycles. The molecule has 0 spiro atoms. The molecule has 2 saturated heterocycles. The molecule has 2 aromatic heterocycles. The lowest BCUT2D eigenvalue weighted by Crippen LogP contribution is -2.44. The Morgan fingerprint density at radius 1 is 1.12 bits per heavy atom. The number of benzene rings is 1. The van der Waals surface area contributed by atoms with E-state index in [0.717, 1.165) is 18.4 Å². The minimum Gasteiger partial charge on any atom is -0.344 e. The third kappa shape index (κ3) is 4.52. The van der Waals surface area contributed by atoms with Gasteiger partial charge in [-0.15, -0.1) is 0 Å². The fourth-order valence-electron chi connectivity index (χ4n) is 4.36. The van der Waals surface area contributed by atoms with Gasteiger partial charge in [0.2, 0.25) is 11.8 Å². The van der Waals surface area contributed by atoms with Crippen LogP contribution in [0.5, 0.6) is 0 Å². The summed E-state index contributed by atoms with van der Waals surface area (Å²) in [4.78, 5) is 40.1. The van der Waals surface area contributed by atoms with E-state index >= 15 is 0 Å². The summed E-state index contributed by atoms with van der Waals surface area (Å²) in [6.45, 7) is 0.589. The fraction of sp³-hybridized carbons (Fsp3) is 0.292. The normalized spacial score (nSPS) is 20.0. The molecule has 0 saturated carbocycles. The number of carbonyl (C=O) groups is 2. The lowest BCUT2D eigenvalue weighted by molar-refractivity contribution is -0.135. The van der Waals surface area contributed by atoms with Gasteiger partial charge in [-0.3, -0.25) is 14.6 Å². The van der Waals surface area contributed by atoms with E-state index in [4.69, 9.17) is 9.97 Å². The predicted octanol–water partition coefficient (Wildman–Crippen LogP) is 3.36. The molecule has 3 aromatic rings. The summed E-state index contributed by atoms with van der Waals surface area (Å²) < 4.78 is 13.7. The van der Waals surface area contributed by atoms with Crippen molar-refractivity contribution in [1.29, 1.82) is 0 Å². The molecular formula is C24H23FN6O2. The van der Waals surface area contributed by atoms with E-state index in [1.54, 1.807) is 35.5 Å². The number of amides is 2. The molecule has 8 nitrogen and oxygen atoms in total. The van der Waals surface area contributed by atoms with Crippen LogP contribution in [-0.2, 0) is 9.59 Å². The Bertz CT molecular complexity index is 1190. The predicted molar refractivity (Wildman–Crippen MR) is 120 cm³/mol. The van der Waals surface area contributed by atoms with Crippen molar-refractivity contribution in [3.05, 3.63) is 66.5 Å². The Kier molecular flexibility index (Phi) is 5.68. The molecule has 2 atom stereocenters. The summed E-state index contributed by atoms with van der Waals surface area (Å²) in [5.41, 5.74) is 2.10. The van der Waals surface area contributed by atoms with Crippen LogP contribution < -0.4 is 10.6 Å². The second-order valence-corrected chi connectivity index (χ2v) is 8.22. The average molecular weight is 446 g/mol. The Labute approximate surface area is 190 Å². The summed E-state index contributed by atoms with van der Waals surface area (Å²) in [7, 11) is 0. The van der Waals surface area contributed by atoms with Crippen molar-refractivity contribution in [2.75, 3.05) is 11.9 Å². The highest BCUT2D eigenvalue weighted by atomic mass is 19.1. The highest BCUT2D eigenvalue weighted by molar-refractivity contribution is 5.91. The molecule has 5 rings (SSSR count). The first-order valence-electron chi connectivity index (χ1n) is 11.0. The molecule has 2 aliphatic rings. The van der Waals surface area contributed by atoms with Crippen molar-refractivity contribution < 1.29 is 14.0 Å². The zero-order valence-corrected chi connectivity index (χ0v) is 17.9. The summed E-state index contributed by atoms with van der Waals surface area (Å²) in [6, 6.07) is 10.8. The Hall–Kier alpha value is -3.88. The molecule has 168 valence electrons. The first kappa shape index (κ1) is 21.0. The number of anilines is 2. The number of aromatic nitrogens is 3. The molecule has 2 fully saturated rings. The number of pyridine rings is 1. The number of halogens is 1. The van der Waals surface area contributed by atoms with Crippen LogP contribution in [0.2, 0.25) is 0 Å². The van der Waals surface area contributed by atoms with E-state index in [-0.39, 0.29) is 23.7 Å². The fourth-order valence-corrected chi connectivity index (χ4v) is 4.36. The van der Waals surface area contributed by atoms with Gasteiger partial charge < -0.3 is 15.5 Å². The smallest absolute Gasteiger partial charge is 0.245 e. The van der Waals surface area contributed by atoms with Crippen molar-refractivity contribution >= 4 is 23.3 Å². The number of rotatable bonds is 5. The van der Waals surface area contributed by atoms with Gasteiger partial charge in [-0.05, 0) is 49.6 Å². The van der Waals surface area contributed by atoms with E-state index < -0.39 is 6.04 Å². The van der Waals surface area contributed by atoms with Crippen molar-refractivity contribution in [2.45, 2.75) is 37.8 Å². The number of nitrogens with zero attached hydrogens (tertiary/aromatic N) is 4. The van der Waals surface area contributed by atoms with Gasteiger partial charge >= 0.3 is 0 Å². The maximum absolute atomic E-state index is 13.7. The Morgan fingerprint density at radius 2 is 1.97 bits per heavy atom. The third-order valence-corrected chi connectivity index (χ3v) is 5.94. The average Bonchev–Trinajstić information content (AvgIpc) is 3.48. The Balaban J connectivity index is 1.50. The quantitative estimate of drug-likeness (QED) is 0.623. The van der Waals surface area contributed by atoms with Crippen LogP contribution >= 0.6 is 0 Å². The maximum Gasteiger partial charge on any atom is 0.245 e. The van der Waals surface area contributed by atoms with Crippen molar-refractivity contribution in [1.82, 2.24) is 25.2 Å². The molecule has 0 aliphatic carbocycles. The monoisotopic (exact) mass is 446 g/mol. The van der Waals surface area contributed by atoms with Gasteiger partial charge in [-0.25, -0.2) is 14.4 Å². The van der Waals surface area contributed by atoms with Crippen LogP contribution in [0.15, 0.2) is 54.9 Å². The van der Waals surface area contributed by atoms with Gasteiger partial charge in [0.05, 0.1) is 11.7 Å². The minimum atomic E-state index is -0.494. The lowest BCUT2D eigenvalue weighted by atomic mass is 10.1. The van der Waals surface area contributed by atoms with E-state index in [0.29, 0.717) is 42.4 Å². The number of hydrogen-bond acceptors (Lipinski definition) is 6. The summed E-state index contributed by atoms with van der Waals surface area (Å²) >= 11 is 0. The van der Waals surface area contributed by atoms with E-state index in [2.05, 4.69) is 15.6 Å². The van der Waals surface area contributed by atoms with Gasteiger partial charge in [-0.1, -0.05) is 6.07 Å².